The number of amides is 1. The Labute approximate surface area is 147 Å². The van der Waals surface area contributed by atoms with Gasteiger partial charge in [-0.15, -0.1) is 0 Å². The molecule has 4 heteroatoms. The number of carbonyl (C=O) groups excluding carboxylic acids is 1. The fourth-order valence-electron chi connectivity index (χ4n) is 2.71. The van der Waals surface area contributed by atoms with E-state index in [9.17, 15) is 4.79 Å². The Morgan fingerprint density at radius 3 is 2.84 bits per heavy atom. The number of nitrogens with one attached hydrogen (secondary N) is 1. The van der Waals surface area contributed by atoms with Gasteiger partial charge in [0, 0.05) is 18.1 Å². The highest BCUT2D eigenvalue weighted by molar-refractivity contribution is 5.92. The molecule has 0 saturated heterocycles. The molecule has 0 aliphatic carbocycles. The quantitative estimate of drug-likeness (QED) is 0.643. The number of hydrogen-bond acceptors (Lipinski definition) is 3. The van der Waals surface area contributed by atoms with Gasteiger partial charge in [0.25, 0.3) is 0 Å². The number of para-hydroxylation sites is 1. The maximum Gasteiger partial charge on any atom is 0.244 e. The lowest BCUT2D eigenvalue weighted by molar-refractivity contribution is -0.117. The van der Waals surface area contributed by atoms with Crippen LogP contribution in [0.3, 0.4) is 0 Å². The van der Waals surface area contributed by atoms with Crippen molar-refractivity contribution in [2.45, 2.75) is 12.5 Å². The molecule has 0 bridgehead atoms. The topological polar surface area (TPSA) is 47.6 Å². The summed E-state index contributed by atoms with van der Waals surface area (Å²) in [5, 5.41) is 3.04. The Morgan fingerprint density at radius 2 is 2.04 bits per heavy atom. The SMILES string of the molecule is C=CCOc1ccc(/C=C/C(=O)N[C@@H]2CCOc3ccccc32)cc1. The summed E-state index contributed by atoms with van der Waals surface area (Å²) >= 11 is 0. The molecule has 1 N–H and O–H groups in total. The van der Waals surface area contributed by atoms with Crippen LogP contribution in [0.15, 0.2) is 67.3 Å². The summed E-state index contributed by atoms with van der Waals surface area (Å²) in [5.74, 6) is 1.51. The van der Waals surface area contributed by atoms with E-state index in [1.54, 1.807) is 18.2 Å². The van der Waals surface area contributed by atoms with Gasteiger partial charge in [0.15, 0.2) is 0 Å². The molecule has 0 saturated carbocycles. The molecule has 0 radical (unpaired) electrons. The van der Waals surface area contributed by atoms with Gasteiger partial charge in [0.2, 0.25) is 5.91 Å². The molecule has 128 valence electrons. The van der Waals surface area contributed by atoms with E-state index in [4.69, 9.17) is 9.47 Å². The van der Waals surface area contributed by atoms with Crippen LogP contribution in [-0.2, 0) is 4.79 Å². The fourth-order valence-corrected chi connectivity index (χ4v) is 2.71. The highest BCUT2D eigenvalue weighted by Gasteiger charge is 2.21. The third-order valence-electron chi connectivity index (χ3n) is 3.95. The fraction of sp³-hybridized carbons (Fsp3) is 0.190. The first-order chi connectivity index (χ1) is 12.3. The third kappa shape index (κ3) is 4.51. The van der Waals surface area contributed by atoms with E-state index in [1.807, 2.05) is 48.5 Å². The van der Waals surface area contributed by atoms with E-state index >= 15 is 0 Å². The predicted molar refractivity (Wildman–Crippen MR) is 98.6 cm³/mol. The molecule has 0 spiro atoms. The van der Waals surface area contributed by atoms with Gasteiger partial charge in [0.05, 0.1) is 12.6 Å². The van der Waals surface area contributed by atoms with Crippen LogP contribution in [0, 0.1) is 0 Å². The standard InChI is InChI=1S/C21H21NO3/c1-2-14-24-17-10-7-16(8-11-17)9-12-21(23)22-19-13-15-25-20-6-4-3-5-18(19)20/h2-12,19H,1,13-15H2,(H,22,23)/b12-9+/t19-/m1/s1. The van der Waals surface area contributed by atoms with Crippen molar-refractivity contribution in [2.75, 3.05) is 13.2 Å². The zero-order valence-electron chi connectivity index (χ0n) is 14.0. The maximum absolute atomic E-state index is 12.2. The monoisotopic (exact) mass is 335 g/mol. The van der Waals surface area contributed by atoms with Crippen LogP contribution in [0.1, 0.15) is 23.6 Å². The summed E-state index contributed by atoms with van der Waals surface area (Å²) in [6.07, 6.45) is 5.81. The lowest BCUT2D eigenvalue weighted by atomic mass is 10.0. The second-order valence-electron chi connectivity index (χ2n) is 5.74. The first-order valence-electron chi connectivity index (χ1n) is 8.30. The Morgan fingerprint density at radius 1 is 1.24 bits per heavy atom. The second-order valence-corrected chi connectivity index (χ2v) is 5.74. The smallest absolute Gasteiger partial charge is 0.244 e. The lowest BCUT2D eigenvalue weighted by Gasteiger charge is -2.26. The molecule has 3 rings (SSSR count). The number of benzene rings is 2. The van der Waals surface area contributed by atoms with Gasteiger partial charge in [-0.1, -0.05) is 43.0 Å². The van der Waals surface area contributed by atoms with Crippen LogP contribution in [0.2, 0.25) is 0 Å². The molecule has 1 atom stereocenters. The lowest BCUT2D eigenvalue weighted by Crippen LogP contribution is -2.30. The van der Waals surface area contributed by atoms with Crippen molar-refractivity contribution >= 4 is 12.0 Å². The van der Waals surface area contributed by atoms with E-state index in [2.05, 4.69) is 11.9 Å². The summed E-state index contributed by atoms with van der Waals surface area (Å²) in [6, 6.07) is 15.4. The maximum atomic E-state index is 12.2. The van der Waals surface area contributed by atoms with Gasteiger partial charge < -0.3 is 14.8 Å². The molecule has 1 aliphatic heterocycles. The summed E-state index contributed by atoms with van der Waals surface area (Å²) in [7, 11) is 0. The van der Waals surface area contributed by atoms with Crippen molar-refractivity contribution in [3.63, 3.8) is 0 Å². The van der Waals surface area contributed by atoms with Gasteiger partial charge in [-0.25, -0.2) is 0 Å². The first-order valence-corrected chi connectivity index (χ1v) is 8.30. The minimum atomic E-state index is -0.117. The second kappa shape index (κ2) is 8.20. The molecule has 25 heavy (non-hydrogen) atoms. The number of carbonyl (C=O) groups is 1. The molecule has 1 amide bonds. The molecule has 1 heterocycles. The van der Waals surface area contributed by atoms with Gasteiger partial charge in [-0.3, -0.25) is 4.79 Å². The van der Waals surface area contributed by atoms with Crippen LogP contribution >= 0.6 is 0 Å². The Balaban J connectivity index is 1.59. The van der Waals surface area contributed by atoms with Crippen LogP contribution in [-0.4, -0.2) is 19.1 Å². The average Bonchev–Trinajstić information content (AvgIpc) is 2.66. The molecule has 4 nitrogen and oxygen atoms in total. The van der Waals surface area contributed by atoms with Crippen molar-refractivity contribution < 1.29 is 14.3 Å². The van der Waals surface area contributed by atoms with E-state index in [0.29, 0.717) is 13.2 Å². The summed E-state index contributed by atoms with van der Waals surface area (Å²) in [6.45, 7) is 4.70. The zero-order valence-corrected chi connectivity index (χ0v) is 14.0. The Bertz CT molecular complexity index is 765. The molecule has 0 unspecified atom stereocenters. The Kier molecular flexibility index (Phi) is 5.52. The minimum Gasteiger partial charge on any atom is -0.493 e. The molecule has 0 aromatic heterocycles. The van der Waals surface area contributed by atoms with Gasteiger partial charge in [-0.2, -0.15) is 0 Å². The van der Waals surface area contributed by atoms with Crippen LogP contribution < -0.4 is 14.8 Å². The molecule has 1 aliphatic rings. The normalized spacial score (nSPS) is 15.9. The largest absolute Gasteiger partial charge is 0.493 e. The summed E-state index contributed by atoms with van der Waals surface area (Å²) < 4.78 is 11.1. The molecular formula is C21H21NO3. The van der Waals surface area contributed by atoms with E-state index < -0.39 is 0 Å². The van der Waals surface area contributed by atoms with E-state index in [-0.39, 0.29) is 11.9 Å². The number of fused-ring (bicyclic) bond motifs is 1. The zero-order chi connectivity index (χ0) is 17.5. The third-order valence-corrected chi connectivity index (χ3v) is 3.95. The predicted octanol–water partition coefficient (Wildman–Crippen LogP) is 3.90. The average molecular weight is 335 g/mol. The molecule has 0 fully saturated rings. The van der Waals surface area contributed by atoms with Crippen molar-refractivity contribution in [1.29, 1.82) is 0 Å². The number of rotatable bonds is 6. The molecular weight excluding hydrogens is 314 g/mol. The summed E-state index contributed by atoms with van der Waals surface area (Å²) in [5.41, 5.74) is 1.97. The molecule has 2 aromatic rings. The van der Waals surface area contributed by atoms with E-state index in [0.717, 1.165) is 29.0 Å². The van der Waals surface area contributed by atoms with Crippen molar-refractivity contribution in [3.05, 3.63) is 78.4 Å². The highest BCUT2D eigenvalue weighted by Crippen LogP contribution is 2.31. The van der Waals surface area contributed by atoms with Crippen molar-refractivity contribution in [3.8, 4) is 11.5 Å². The van der Waals surface area contributed by atoms with Gasteiger partial charge >= 0.3 is 0 Å². The number of hydrogen-bond donors (Lipinski definition) is 1. The van der Waals surface area contributed by atoms with E-state index in [1.165, 1.54) is 0 Å². The van der Waals surface area contributed by atoms with Crippen LogP contribution in [0.5, 0.6) is 11.5 Å². The number of ether oxygens (including phenoxy) is 2. The van der Waals surface area contributed by atoms with Crippen LogP contribution in [0.25, 0.3) is 6.08 Å². The van der Waals surface area contributed by atoms with Crippen molar-refractivity contribution in [1.82, 2.24) is 5.32 Å². The van der Waals surface area contributed by atoms with Crippen LogP contribution in [0.4, 0.5) is 0 Å². The summed E-state index contributed by atoms with van der Waals surface area (Å²) in [4.78, 5) is 12.2. The first kappa shape index (κ1) is 16.8. The van der Waals surface area contributed by atoms with Crippen molar-refractivity contribution in [2.24, 2.45) is 0 Å². The minimum absolute atomic E-state index is 0.0169. The van der Waals surface area contributed by atoms with Gasteiger partial charge in [0.1, 0.15) is 18.1 Å². The van der Waals surface area contributed by atoms with Gasteiger partial charge in [-0.05, 0) is 29.8 Å². The molecule has 2 aromatic carbocycles. The Hall–Kier alpha value is -3.01. The highest BCUT2D eigenvalue weighted by atomic mass is 16.5.